The minimum Gasteiger partial charge on any atom is -0.369 e. The zero-order valence-electron chi connectivity index (χ0n) is 10.0. The number of nitrogens with one attached hydrogen (secondary N) is 1. The topological polar surface area (TPSA) is 110 Å². The fraction of sp³-hybridized carbons (Fsp3) is 0.667. The van der Waals surface area contributed by atoms with Crippen molar-refractivity contribution >= 4 is 22.4 Å². The first-order valence-electron chi connectivity index (χ1n) is 5.31. The smallest absolute Gasteiger partial charge is 0.231 e. The van der Waals surface area contributed by atoms with Gasteiger partial charge in [-0.15, -0.1) is 10.2 Å². The van der Waals surface area contributed by atoms with Crippen molar-refractivity contribution in [3.05, 3.63) is 5.01 Å². The van der Waals surface area contributed by atoms with Crippen molar-refractivity contribution < 1.29 is 4.79 Å². The van der Waals surface area contributed by atoms with E-state index in [1.807, 2.05) is 4.90 Å². The van der Waals surface area contributed by atoms with Crippen LogP contribution in [0.3, 0.4) is 0 Å². The maximum atomic E-state index is 11.0. The van der Waals surface area contributed by atoms with Gasteiger partial charge < -0.3 is 5.73 Å². The number of carbonyl (C=O) groups excluding carboxylic acids is 1. The molecular formula is C9H18N6OS. The molecule has 1 amide bonds. The molecule has 0 aliphatic heterocycles. The summed E-state index contributed by atoms with van der Waals surface area (Å²) in [4.78, 5) is 12.9. The van der Waals surface area contributed by atoms with Crippen LogP contribution in [0.2, 0.25) is 0 Å². The number of amides is 1. The Kier molecular flexibility index (Phi) is 5.26. The first kappa shape index (κ1) is 13.8. The number of nitrogen functional groups attached to an aromatic ring is 1. The highest BCUT2D eigenvalue weighted by Crippen LogP contribution is 2.16. The Morgan fingerprint density at radius 1 is 1.53 bits per heavy atom. The second-order valence-electron chi connectivity index (χ2n) is 4.18. The van der Waals surface area contributed by atoms with Crippen LogP contribution in [-0.2, 0) is 11.3 Å². The highest BCUT2D eigenvalue weighted by atomic mass is 32.1. The summed E-state index contributed by atoms with van der Waals surface area (Å²) in [7, 11) is 0. The zero-order chi connectivity index (χ0) is 12.8. The molecule has 1 aromatic heterocycles. The molecule has 0 aliphatic carbocycles. The summed E-state index contributed by atoms with van der Waals surface area (Å²) in [6.07, 6.45) is 0. The summed E-state index contributed by atoms with van der Waals surface area (Å²) in [5.74, 6) is 5.34. The fourth-order valence-electron chi connectivity index (χ4n) is 1.49. The normalized spacial score (nSPS) is 11.1. The highest BCUT2D eigenvalue weighted by molar-refractivity contribution is 7.15. The van der Waals surface area contributed by atoms with Crippen LogP contribution >= 0.6 is 11.3 Å². The summed E-state index contributed by atoms with van der Waals surface area (Å²) in [6, 6.07) is 0. The van der Waals surface area contributed by atoms with E-state index in [2.05, 4.69) is 29.5 Å². The van der Waals surface area contributed by atoms with Crippen molar-refractivity contribution in [1.82, 2.24) is 15.1 Å². The minimum atomic E-state index is -0.340. The van der Waals surface area contributed by atoms with E-state index >= 15 is 0 Å². The van der Waals surface area contributed by atoms with E-state index in [9.17, 15) is 4.79 Å². The van der Waals surface area contributed by atoms with Crippen LogP contribution < -0.4 is 17.0 Å². The van der Waals surface area contributed by atoms with Crippen molar-refractivity contribution in [1.29, 1.82) is 0 Å². The van der Waals surface area contributed by atoms with Crippen LogP contribution in [0.4, 0.5) is 5.13 Å². The number of hydrazine groups is 1. The third kappa shape index (κ3) is 5.07. The molecule has 96 valence electrons. The standard InChI is InChI=1S/C9H18N6OS/c1-6(2)3-15(4-7(10)16)5-8-13-14-9(12-11)17-8/h6H,3-5,11H2,1-2H3,(H2,10,16)(H,12,14). The van der Waals surface area contributed by atoms with E-state index < -0.39 is 0 Å². The number of nitrogens with two attached hydrogens (primary N) is 2. The van der Waals surface area contributed by atoms with E-state index in [4.69, 9.17) is 11.6 Å². The summed E-state index contributed by atoms with van der Waals surface area (Å²) < 4.78 is 0. The van der Waals surface area contributed by atoms with E-state index in [1.54, 1.807) is 0 Å². The van der Waals surface area contributed by atoms with Crippen molar-refractivity contribution in [2.75, 3.05) is 18.5 Å². The number of nitrogens with zero attached hydrogens (tertiary/aromatic N) is 3. The predicted octanol–water partition coefficient (Wildman–Crippen LogP) is -0.233. The molecule has 0 bridgehead atoms. The average molecular weight is 258 g/mol. The number of rotatable bonds is 7. The third-order valence-corrected chi connectivity index (χ3v) is 2.79. The van der Waals surface area contributed by atoms with Crippen LogP contribution in [0, 0.1) is 5.92 Å². The summed E-state index contributed by atoms with van der Waals surface area (Å²) in [5.41, 5.74) is 7.65. The molecule has 1 rings (SSSR count). The Hall–Kier alpha value is -1.25. The minimum absolute atomic E-state index is 0.225. The SMILES string of the molecule is CC(C)CN(CC(N)=O)Cc1nnc(NN)s1. The van der Waals surface area contributed by atoms with E-state index in [-0.39, 0.29) is 12.5 Å². The van der Waals surface area contributed by atoms with Gasteiger partial charge in [-0.3, -0.25) is 15.1 Å². The number of hydrogen-bond donors (Lipinski definition) is 3. The number of carbonyl (C=O) groups is 1. The third-order valence-electron chi connectivity index (χ3n) is 1.95. The Balaban J connectivity index is 2.60. The van der Waals surface area contributed by atoms with Crippen LogP contribution in [0.5, 0.6) is 0 Å². The Bertz CT molecular complexity index is 366. The molecule has 1 aromatic rings. The van der Waals surface area contributed by atoms with Gasteiger partial charge >= 0.3 is 0 Å². The molecule has 0 spiro atoms. The molecule has 0 fully saturated rings. The van der Waals surface area contributed by atoms with Crippen LogP contribution in [0.25, 0.3) is 0 Å². The Morgan fingerprint density at radius 2 is 2.24 bits per heavy atom. The Morgan fingerprint density at radius 3 is 2.71 bits per heavy atom. The molecule has 0 saturated heterocycles. The van der Waals surface area contributed by atoms with Gasteiger partial charge in [-0.1, -0.05) is 25.2 Å². The van der Waals surface area contributed by atoms with Crippen molar-refractivity contribution in [2.45, 2.75) is 20.4 Å². The highest BCUT2D eigenvalue weighted by Gasteiger charge is 2.13. The van der Waals surface area contributed by atoms with E-state index in [1.165, 1.54) is 11.3 Å². The monoisotopic (exact) mass is 258 g/mol. The maximum Gasteiger partial charge on any atom is 0.231 e. The van der Waals surface area contributed by atoms with Crippen LogP contribution in [-0.4, -0.2) is 34.1 Å². The van der Waals surface area contributed by atoms with Gasteiger partial charge in [-0.25, -0.2) is 5.84 Å². The zero-order valence-corrected chi connectivity index (χ0v) is 10.8. The molecule has 1 heterocycles. The largest absolute Gasteiger partial charge is 0.369 e. The van der Waals surface area contributed by atoms with Crippen LogP contribution in [0.1, 0.15) is 18.9 Å². The van der Waals surface area contributed by atoms with Gasteiger partial charge in [-0.05, 0) is 5.92 Å². The molecule has 0 aromatic carbocycles. The molecule has 17 heavy (non-hydrogen) atoms. The first-order chi connectivity index (χ1) is 8.01. The number of anilines is 1. The average Bonchev–Trinajstić information content (AvgIpc) is 2.63. The maximum absolute atomic E-state index is 11.0. The molecule has 8 heteroatoms. The lowest BCUT2D eigenvalue weighted by Crippen LogP contribution is -2.35. The number of primary amides is 1. The molecule has 5 N–H and O–H groups in total. The lowest BCUT2D eigenvalue weighted by molar-refractivity contribution is -0.119. The second-order valence-corrected chi connectivity index (χ2v) is 5.24. The number of hydrogen-bond acceptors (Lipinski definition) is 7. The molecule has 7 nitrogen and oxygen atoms in total. The molecule has 0 saturated carbocycles. The van der Waals surface area contributed by atoms with Crippen molar-refractivity contribution in [3.63, 3.8) is 0 Å². The molecule has 0 atom stereocenters. The quantitative estimate of drug-likeness (QED) is 0.460. The van der Waals surface area contributed by atoms with Gasteiger partial charge in [0.05, 0.1) is 13.1 Å². The van der Waals surface area contributed by atoms with Gasteiger partial charge in [0, 0.05) is 6.54 Å². The van der Waals surface area contributed by atoms with Gasteiger partial charge in [0.25, 0.3) is 0 Å². The van der Waals surface area contributed by atoms with Crippen molar-refractivity contribution in [2.24, 2.45) is 17.5 Å². The van der Waals surface area contributed by atoms with Gasteiger partial charge in [-0.2, -0.15) is 0 Å². The van der Waals surface area contributed by atoms with Crippen LogP contribution in [0.15, 0.2) is 0 Å². The molecular weight excluding hydrogens is 240 g/mol. The Labute approximate surface area is 104 Å². The number of aromatic nitrogens is 2. The summed E-state index contributed by atoms with van der Waals surface area (Å²) in [6.45, 7) is 5.74. The van der Waals surface area contributed by atoms with Gasteiger partial charge in [0.15, 0.2) is 0 Å². The van der Waals surface area contributed by atoms with E-state index in [0.717, 1.165) is 11.6 Å². The predicted molar refractivity (Wildman–Crippen MR) is 67.0 cm³/mol. The van der Waals surface area contributed by atoms with E-state index in [0.29, 0.717) is 17.6 Å². The van der Waals surface area contributed by atoms with Crippen molar-refractivity contribution in [3.8, 4) is 0 Å². The summed E-state index contributed by atoms with van der Waals surface area (Å²) >= 11 is 1.36. The van der Waals surface area contributed by atoms with Gasteiger partial charge in [0.1, 0.15) is 5.01 Å². The first-order valence-corrected chi connectivity index (χ1v) is 6.12. The second kappa shape index (κ2) is 6.48. The summed E-state index contributed by atoms with van der Waals surface area (Å²) in [5, 5.41) is 9.17. The lowest BCUT2D eigenvalue weighted by atomic mass is 10.2. The molecule has 0 radical (unpaired) electrons. The molecule has 0 unspecified atom stereocenters. The van der Waals surface area contributed by atoms with Gasteiger partial charge in [0.2, 0.25) is 11.0 Å². The fourth-order valence-corrected chi connectivity index (χ4v) is 2.18. The molecule has 0 aliphatic rings. The lowest BCUT2D eigenvalue weighted by Gasteiger charge is -2.21.